The molecule has 0 fully saturated rings. The second kappa shape index (κ2) is 8.43. The Morgan fingerprint density at radius 1 is 0.286 bits per heavy atom. The first kappa shape index (κ1) is 23.8. The summed E-state index contributed by atoms with van der Waals surface area (Å²) in [5, 5.41) is 0. The topological polar surface area (TPSA) is 0 Å². The predicted molar refractivity (Wildman–Crippen MR) is 177 cm³/mol. The lowest BCUT2D eigenvalue weighted by Crippen LogP contribution is -2.28. The van der Waals surface area contributed by atoms with Crippen molar-refractivity contribution >= 4 is 31.9 Å². The van der Waals surface area contributed by atoms with E-state index in [1.54, 1.807) is 0 Å². The van der Waals surface area contributed by atoms with Gasteiger partial charge >= 0.3 is 0 Å². The molecule has 0 heterocycles. The Bertz CT molecular complexity index is 1910. The van der Waals surface area contributed by atoms with Crippen molar-refractivity contribution in [3.05, 3.63) is 197 Å². The molecule has 6 aromatic rings. The zero-order valence-electron chi connectivity index (χ0n) is 22.6. The summed E-state index contributed by atoms with van der Waals surface area (Å²) in [5.74, 6) is 1.07. The Balaban J connectivity index is 1.19. The lowest BCUT2D eigenvalue weighted by molar-refractivity contribution is 0.752. The molecule has 0 unspecified atom stereocenters. The molecule has 2 heteroatoms. The zero-order valence-corrected chi connectivity index (χ0v) is 25.8. The SMILES string of the molecule is Brc1cc2c(cc1-c1cc3c(cc1Br)C1c4ccccc4C3c3ccccc31)C1c3ccccc3C2c2ccccc21. The lowest BCUT2D eigenvalue weighted by Gasteiger charge is -2.43. The van der Waals surface area contributed by atoms with Crippen molar-refractivity contribution in [3.63, 3.8) is 0 Å². The summed E-state index contributed by atoms with van der Waals surface area (Å²) in [6.45, 7) is 0. The van der Waals surface area contributed by atoms with Crippen molar-refractivity contribution in [2.24, 2.45) is 0 Å². The number of halogens is 2. The number of hydrogen-bond acceptors (Lipinski definition) is 0. The molecular formula is C40H24Br2. The molecular weight excluding hydrogens is 640 g/mol. The van der Waals surface area contributed by atoms with Crippen LogP contribution in [-0.2, 0) is 0 Å². The van der Waals surface area contributed by atoms with E-state index in [1.165, 1.54) is 77.9 Å². The van der Waals surface area contributed by atoms with Gasteiger partial charge in [0.25, 0.3) is 0 Å². The maximum absolute atomic E-state index is 4.07. The van der Waals surface area contributed by atoms with E-state index in [1.807, 2.05) is 0 Å². The molecule has 0 atom stereocenters. The molecule has 0 N–H and O–H groups in total. The minimum Gasteiger partial charge on any atom is -0.0619 e. The fourth-order valence-electron chi connectivity index (χ4n) is 8.78. The molecule has 12 rings (SSSR count). The van der Waals surface area contributed by atoms with Gasteiger partial charge < -0.3 is 0 Å². The zero-order chi connectivity index (χ0) is 27.7. The standard InChI is InChI=1S/C40H24Br2/c41-35-19-33-31(37-21-9-1-5-13-25(21)39(33)26-14-6-2-10-22(26)37)17-29(35)30-18-32-34(20-36(30)42)40-27-15-7-3-11-23(27)38(32)24-12-4-8-16-28(24)40/h1-20,37-40H. The molecule has 6 aliphatic rings. The quantitative estimate of drug-likeness (QED) is 0.164. The number of benzene rings is 6. The van der Waals surface area contributed by atoms with E-state index in [9.17, 15) is 0 Å². The predicted octanol–water partition coefficient (Wildman–Crippen LogP) is 10.9. The van der Waals surface area contributed by atoms with Crippen molar-refractivity contribution in [2.45, 2.75) is 23.7 Å². The van der Waals surface area contributed by atoms with Gasteiger partial charge in [-0.05, 0) is 102 Å². The molecule has 4 bridgehead atoms. The second-order valence-electron chi connectivity index (χ2n) is 12.2. The third-order valence-corrected chi connectivity index (χ3v) is 11.7. The second-order valence-corrected chi connectivity index (χ2v) is 13.9. The molecule has 0 saturated carbocycles. The maximum Gasteiger partial charge on any atom is 0.0349 e. The van der Waals surface area contributed by atoms with E-state index < -0.39 is 0 Å². The van der Waals surface area contributed by atoms with Crippen LogP contribution in [0, 0.1) is 0 Å². The first-order chi connectivity index (χ1) is 20.7. The highest BCUT2D eigenvalue weighted by Gasteiger charge is 2.43. The molecule has 6 aromatic carbocycles. The van der Waals surface area contributed by atoms with E-state index >= 15 is 0 Å². The van der Waals surface area contributed by atoms with Crippen LogP contribution in [0.2, 0.25) is 0 Å². The lowest BCUT2D eigenvalue weighted by atomic mass is 9.60. The van der Waals surface area contributed by atoms with Gasteiger partial charge in [0.05, 0.1) is 0 Å². The van der Waals surface area contributed by atoms with Crippen molar-refractivity contribution in [1.29, 1.82) is 0 Å². The Labute approximate surface area is 262 Å². The van der Waals surface area contributed by atoms with Crippen molar-refractivity contribution in [1.82, 2.24) is 0 Å². The Hall–Kier alpha value is -3.72. The van der Waals surface area contributed by atoms with Crippen LogP contribution in [-0.4, -0.2) is 0 Å². The highest BCUT2D eigenvalue weighted by atomic mass is 79.9. The summed E-state index contributed by atoms with van der Waals surface area (Å²) >= 11 is 8.13. The van der Waals surface area contributed by atoms with E-state index in [0.29, 0.717) is 0 Å². The van der Waals surface area contributed by atoms with Gasteiger partial charge in [0.2, 0.25) is 0 Å². The molecule has 0 saturated heterocycles. The summed E-state index contributed by atoms with van der Waals surface area (Å²) in [6.07, 6.45) is 0. The maximum atomic E-state index is 4.07. The smallest absolute Gasteiger partial charge is 0.0349 e. The van der Waals surface area contributed by atoms with Crippen LogP contribution < -0.4 is 0 Å². The van der Waals surface area contributed by atoms with Crippen molar-refractivity contribution in [2.75, 3.05) is 0 Å². The van der Waals surface area contributed by atoms with E-state index in [0.717, 1.165) is 8.95 Å². The number of hydrogen-bond donors (Lipinski definition) is 0. The molecule has 0 aliphatic heterocycles. The first-order valence-electron chi connectivity index (χ1n) is 14.7. The van der Waals surface area contributed by atoms with E-state index in [2.05, 4.69) is 153 Å². The van der Waals surface area contributed by atoms with Crippen molar-refractivity contribution in [3.8, 4) is 11.1 Å². The Kier molecular flexibility index (Phi) is 4.78. The molecule has 0 amide bonds. The van der Waals surface area contributed by atoms with Gasteiger partial charge in [-0.1, -0.05) is 129 Å². The minimum absolute atomic E-state index is 0.260. The average Bonchev–Trinajstić information content (AvgIpc) is 3.03. The third kappa shape index (κ3) is 2.92. The van der Waals surface area contributed by atoms with Gasteiger partial charge in [0, 0.05) is 32.6 Å². The summed E-state index contributed by atoms with van der Waals surface area (Å²) in [7, 11) is 0. The fourth-order valence-corrected chi connectivity index (χ4v) is 9.93. The molecule has 6 aliphatic carbocycles. The normalized spacial score (nSPS) is 21.1. The van der Waals surface area contributed by atoms with Crippen LogP contribution in [0.4, 0.5) is 0 Å². The molecule has 0 nitrogen and oxygen atoms in total. The van der Waals surface area contributed by atoms with Gasteiger partial charge in [0.1, 0.15) is 0 Å². The van der Waals surface area contributed by atoms with Gasteiger partial charge in [-0.2, -0.15) is 0 Å². The highest BCUT2D eigenvalue weighted by Crippen LogP contribution is 2.59. The van der Waals surface area contributed by atoms with Crippen molar-refractivity contribution < 1.29 is 0 Å². The summed E-state index contributed by atoms with van der Waals surface area (Å²) < 4.78 is 2.32. The van der Waals surface area contributed by atoms with Crippen LogP contribution >= 0.6 is 31.9 Å². The van der Waals surface area contributed by atoms with E-state index in [-0.39, 0.29) is 23.7 Å². The third-order valence-electron chi connectivity index (χ3n) is 10.4. The average molecular weight is 664 g/mol. The Morgan fingerprint density at radius 3 is 0.738 bits per heavy atom. The highest BCUT2D eigenvalue weighted by molar-refractivity contribution is 9.11. The van der Waals surface area contributed by atoms with Crippen LogP contribution in [0.1, 0.15) is 90.4 Å². The van der Waals surface area contributed by atoms with Gasteiger partial charge in [0.15, 0.2) is 0 Å². The monoisotopic (exact) mass is 662 g/mol. The van der Waals surface area contributed by atoms with Gasteiger partial charge in [-0.3, -0.25) is 0 Å². The Morgan fingerprint density at radius 2 is 0.500 bits per heavy atom. The van der Waals surface area contributed by atoms with Gasteiger partial charge in [-0.25, -0.2) is 0 Å². The van der Waals surface area contributed by atoms with Gasteiger partial charge in [-0.15, -0.1) is 0 Å². The van der Waals surface area contributed by atoms with E-state index in [4.69, 9.17) is 0 Å². The molecule has 0 spiro atoms. The summed E-state index contributed by atoms with van der Waals surface area (Å²) in [6, 6.07) is 46.1. The first-order valence-corrected chi connectivity index (χ1v) is 16.3. The van der Waals surface area contributed by atoms with Crippen LogP contribution in [0.5, 0.6) is 0 Å². The summed E-state index contributed by atoms with van der Waals surface area (Å²) in [4.78, 5) is 0. The fraction of sp³-hybridized carbons (Fsp3) is 0.100. The minimum atomic E-state index is 0.260. The molecule has 198 valence electrons. The largest absolute Gasteiger partial charge is 0.0619 e. The molecule has 42 heavy (non-hydrogen) atoms. The number of rotatable bonds is 1. The van der Waals surface area contributed by atoms with Crippen LogP contribution in [0.3, 0.4) is 0 Å². The molecule has 0 aromatic heterocycles. The molecule has 0 radical (unpaired) electrons. The van der Waals surface area contributed by atoms with Crippen LogP contribution in [0.15, 0.2) is 130 Å². The van der Waals surface area contributed by atoms with Crippen LogP contribution in [0.25, 0.3) is 11.1 Å². The summed E-state index contributed by atoms with van der Waals surface area (Å²) in [5.41, 5.74) is 19.9.